The van der Waals surface area contributed by atoms with Gasteiger partial charge in [0.15, 0.2) is 11.5 Å². The molecule has 4 rings (SSSR count). The highest BCUT2D eigenvalue weighted by molar-refractivity contribution is 5.99. The maximum Gasteiger partial charge on any atom is 0.270 e. The molecule has 1 aliphatic heterocycles. The minimum absolute atomic E-state index is 0.00146. The van der Waals surface area contributed by atoms with Gasteiger partial charge >= 0.3 is 0 Å². The number of aryl methyl sites for hydroxylation is 2. The van der Waals surface area contributed by atoms with E-state index in [9.17, 15) is 4.79 Å². The van der Waals surface area contributed by atoms with Gasteiger partial charge in [-0.25, -0.2) is 0 Å². The first-order chi connectivity index (χ1) is 12.5. The van der Waals surface area contributed by atoms with Crippen LogP contribution in [0.25, 0.3) is 10.9 Å². The van der Waals surface area contributed by atoms with Gasteiger partial charge in [-0.15, -0.1) is 0 Å². The molecule has 0 saturated carbocycles. The number of ether oxygens (including phenoxy) is 2. The quantitative estimate of drug-likeness (QED) is 0.768. The van der Waals surface area contributed by atoms with Crippen LogP contribution in [0.1, 0.15) is 34.1 Å². The zero-order valence-electron chi connectivity index (χ0n) is 15.3. The number of carbonyl (C=O) groups excluding carboxylic acids is 1. The number of aromatic amines is 1. The van der Waals surface area contributed by atoms with Crippen molar-refractivity contribution in [1.82, 2.24) is 9.88 Å². The lowest BCUT2D eigenvalue weighted by atomic mass is 10.1. The molecule has 2 aromatic carbocycles. The summed E-state index contributed by atoms with van der Waals surface area (Å²) in [6.07, 6.45) is 0. The first-order valence-electron chi connectivity index (χ1n) is 8.83. The third-order valence-electron chi connectivity index (χ3n) is 4.80. The third kappa shape index (κ3) is 2.90. The third-order valence-corrected chi connectivity index (χ3v) is 4.80. The predicted molar refractivity (Wildman–Crippen MR) is 101 cm³/mol. The zero-order chi connectivity index (χ0) is 18.3. The van der Waals surface area contributed by atoms with Crippen LogP contribution in [0.15, 0.2) is 36.4 Å². The zero-order valence-corrected chi connectivity index (χ0v) is 15.3. The van der Waals surface area contributed by atoms with Crippen molar-refractivity contribution in [2.24, 2.45) is 0 Å². The van der Waals surface area contributed by atoms with Gasteiger partial charge in [-0.3, -0.25) is 4.79 Å². The van der Waals surface area contributed by atoms with Gasteiger partial charge in [-0.05, 0) is 61.7 Å². The summed E-state index contributed by atoms with van der Waals surface area (Å²) >= 11 is 0. The van der Waals surface area contributed by atoms with Crippen LogP contribution in [0.4, 0.5) is 0 Å². The molecule has 26 heavy (non-hydrogen) atoms. The molecule has 2 heterocycles. The molecule has 1 amide bonds. The number of carbonyl (C=O) groups is 1. The number of nitrogens with one attached hydrogen (secondary N) is 1. The van der Waals surface area contributed by atoms with Crippen molar-refractivity contribution < 1.29 is 14.3 Å². The second kappa shape index (κ2) is 6.41. The SMILES string of the molecule is CCN(Cc1ccc2c(c1)OCO2)C(=O)c1cc2c(C)cc(C)cc2[nH]1. The maximum absolute atomic E-state index is 13.0. The Morgan fingerprint density at radius 3 is 2.73 bits per heavy atom. The van der Waals surface area contributed by atoms with Gasteiger partial charge in [0, 0.05) is 24.0 Å². The van der Waals surface area contributed by atoms with Crippen LogP contribution in [0.5, 0.6) is 11.5 Å². The van der Waals surface area contributed by atoms with E-state index in [1.165, 1.54) is 11.1 Å². The highest BCUT2D eigenvalue weighted by Gasteiger charge is 2.19. The fourth-order valence-corrected chi connectivity index (χ4v) is 3.47. The molecule has 5 nitrogen and oxygen atoms in total. The van der Waals surface area contributed by atoms with Gasteiger partial charge < -0.3 is 19.4 Å². The Kier molecular flexibility index (Phi) is 4.07. The molecule has 1 aliphatic rings. The summed E-state index contributed by atoms with van der Waals surface area (Å²) in [6.45, 7) is 7.53. The van der Waals surface area contributed by atoms with Crippen molar-refractivity contribution in [1.29, 1.82) is 0 Å². The van der Waals surface area contributed by atoms with Crippen LogP contribution in [0.3, 0.4) is 0 Å². The average molecular weight is 350 g/mol. The largest absolute Gasteiger partial charge is 0.454 e. The molecule has 0 fully saturated rings. The normalized spacial score (nSPS) is 12.6. The molecule has 1 N–H and O–H groups in total. The van der Waals surface area contributed by atoms with E-state index in [-0.39, 0.29) is 12.7 Å². The monoisotopic (exact) mass is 350 g/mol. The van der Waals surface area contributed by atoms with Gasteiger partial charge in [0.05, 0.1) is 0 Å². The van der Waals surface area contributed by atoms with E-state index < -0.39 is 0 Å². The number of aromatic nitrogens is 1. The van der Waals surface area contributed by atoms with E-state index >= 15 is 0 Å². The summed E-state index contributed by atoms with van der Waals surface area (Å²) in [7, 11) is 0. The van der Waals surface area contributed by atoms with Crippen LogP contribution >= 0.6 is 0 Å². The minimum Gasteiger partial charge on any atom is -0.454 e. The molecule has 0 radical (unpaired) electrons. The van der Waals surface area contributed by atoms with Gasteiger partial charge in [0.1, 0.15) is 5.69 Å². The number of nitrogens with zero attached hydrogens (tertiary/aromatic N) is 1. The number of H-pyrrole nitrogens is 1. The van der Waals surface area contributed by atoms with Gasteiger partial charge in [0.25, 0.3) is 5.91 Å². The van der Waals surface area contributed by atoms with Crippen LogP contribution < -0.4 is 9.47 Å². The topological polar surface area (TPSA) is 54.6 Å². The lowest BCUT2D eigenvalue weighted by molar-refractivity contribution is 0.0747. The number of fused-ring (bicyclic) bond motifs is 2. The van der Waals surface area contributed by atoms with E-state index in [0.717, 1.165) is 28.0 Å². The molecule has 0 bridgehead atoms. The molecule has 5 heteroatoms. The lowest BCUT2D eigenvalue weighted by Crippen LogP contribution is -2.30. The van der Waals surface area contributed by atoms with E-state index in [1.54, 1.807) is 0 Å². The van der Waals surface area contributed by atoms with Gasteiger partial charge in [-0.1, -0.05) is 12.1 Å². The molecule has 134 valence electrons. The fourth-order valence-electron chi connectivity index (χ4n) is 3.47. The molecule has 3 aromatic rings. The minimum atomic E-state index is -0.00146. The lowest BCUT2D eigenvalue weighted by Gasteiger charge is -2.20. The molecular weight excluding hydrogens is 328 g/mol. The van der Waals surface area contributed by atoms with Crippen molar-refractivity contribution in [3.8, 4) is 11.5 Å². The highest BCUT2D eigenvalue weighted by Crippen LogP contribution is 2.33. The smallest absolute Gasteiger partial charge is 0.270 e. The Balaban J connectivity index is 1.60. The average Bonchev–Trinajstić information content (AvgIpc) is 3.25. The molecular formula is C21H22N2O3. The van der Waals surface area contributed by atoms with Gasteiger partial charge in [0.2, 0.25) is 6.79 Å². The summed E-state index contributed by atoms with van der Waals surface area (Å²) in [5.41, 5.74) is 5.01. The van der Waals surface area contributed by atoms with E-state index in [1.807, 2.05) is 36.1 Å². The highest BCUT2D eigenvalue weighted by atomic mass is 16.7. The second-order valence-corrected chi connectivity index (χ2v) is 6.73. The Labute approximate surface area is 152 Å². The second-order valence-electron chi connectivity index (χ2n) is 6.73. The van der Waals surface area contributed by atoms with Crippen molar-refractivity contribution >= 4 is 16.8 Å². The predicted octanol–water partition coefficient (Wildman–Crippen LogP) is 4.18. The summed E-state index contributed by atoms with van der Waals surface area (Å²) in [4.78, 5) is 18.1. The molecule has 0 unspecified atom stereocenters. The van der Waals surface area contributed by atoms with Gasteiger partial charge in [-0.2, -0.15) is 0 Å². The fraction of sp³-hybridized carbons (Fsp3) is 0.286. The van der Waals surface area contributed by atoms with E-state index in [2.05, 4.69) is 31.0 Å². The molecule has 0 atom stereocenters. The van der Waals surface area contributed by atoms with Crippen molar-refractivity contribution in [2.75, 3.05) is 13.3 Å². The van der Waals surface area contributed by atoms with E-state index in [4.69, 9.17) is 9.47 Å². The van der Waals surface area contributed by atoms with Crippen molar-refractivity contribution in [2.45, 2.75) is 27.3 Å². The number of amides is 1. The summed E-state index contributed by atoms with van der Waals surface area (Å²) < 4.78 is 10.8. The number of rotatable bonds is 4. The maximum atomic E-state index is 13.0. The number of hydrogen-bond donors (Lipinski definition) is 1. The van der Waals surface area contributed by atoms with Crippen LogP contribution in [-0.4, -0.2) is 29.1 Å². The number of hydrogen-bond acceptors (Lipinski definition) is 3. The Bertz CT molecular complexity index is 990. The first-order valence-corrected chi connectivity index (χ1v) is 8.83. The Morgan fingerprint density at radius 1 is 1.12 bits per heavy atom. The summed E-state index contributed by atoms with van der Waals surface area (Å²) in [5, 5.41) is 1.10. The molecule has 0 aliphatic carbocycles. The van der Waals surface area contributed by atoms with Crippen molar-refractivity contribution in [3.63, 3.8) is 0 Å². The molecule has 1 aromatic heterocycles. The summed E-state index contributed by atoms with van der Waals surface area (Å²) in [5.74, 6) is 1.49. The molecule has 0 saturated heterocycles. The Morgan fingerprint density at radius 2 is 1.92 bits per heavy atom. The molecule has 0 spiro atoms. The number of benzene rings is 2. The van der Waals surface area contributed by atoms with Crippen molar-refractivity contribution in [3.05, 3.63) is 58.8 Å². The standard InChI is InChI=1S/C21H22N2O3/c1-4-23(11-15-5-6-19-20(9-15)26-12-25-19)21(24)18-10-16-14(3)7-13(2)8-17(16)22-18/h5-10,22H,4,11-12H2,1-3H3. The first kappa shape index (κ1) is 16.5. The van der Waals surface area contributed by atoms with Crippen LogP contribution in [-0.2, 0) is 6.54 Å². The van der Waals surface area contributed by atoms with Crippen LogP contribution in [0, 0.1) is 13.8 Å². The van der Waals surface area contributed by atoms with Crippen LogP contribution in [0.2, 0.25) is 0 Å². The summed E-state index contributed by atoms with van der Waals surface area (Å²) in [6, 6.07) is 12.0. The Hall–Kier alpha value is -2.95. The van der Waals surface area contributed by atoms with E-state index in [0.29, 0.717) is 18.8 Å².